The van der Waals surface area contributed by atoms with Crippen molar-refractivity contribution in [2.45, 2.75) is 18.0 Å². The number of rotatable bonds is 6. The Kier molecular flexibility index (Phi) is 6.47. The number of aliphatic hydroxyl groups excluding tert-OH is 1. The van der Waals surface area contributed by atoms with Gasteiger partial charge in [-0.05, 0) is 42.8 Å². The first kappa shape index (κ1) is 23.6. The minimum atomic E-state index is -4.57. The number of amides is 1. The topological polar surface area (TPSA) is 90.5 Å². The van der Waals surface area contributed by atoms with Crippen LogP contribution < -0.4 is 4.90 Å². The van der Waals surface area contributed by atoms with Gasteiger partial charge in [0.1, 0.15) is 0 Å². The average molecular weight is 466 g/mol. The Morgan fingerprint density at radius 1 is 1.09 bits per heavy atom. The van der Waals surface area contributed by atoms with E-state index in [0.717, 1.165) is 12.3 Å². The van der Waals surface area contributed by atoms with Crippen LogP contribution in [-0.2, 0) is 16.0 Å². The van der Waals surface area contributed by atoms with Crippen molar-refractivity contribution >= 4 is 21.4 Å². The third-order valence-corrected chi connectivity index (χ3v) is 6.15. The number of H-pyrrole nitrogens is 1. The lowest BCUT2D eigenvalue weighted by atomic mass is 10.00. The van der Waals surface area contributed by atoms with E-state index in [9.17, 15) is 31.5 Å². The smallest absolute Gasteiger partial charge is 0.395 e. The van der Waals surface area contributed by atoms with Crippen LogP contribution >= 0.6 is 0 Å². The molecule has 2 N–H and O–H groups in total. The summed E-state index contributed by atoms with van der Waals surface area (Å²) < 4.78 is 63.7. The van der Waals surface area contributed by atoms with Crippen molar-refractivity contribution in [1.29, 1.82) is 0 Å². The molecular weight excluding hydrogens is 445 g/mol. The Bertz CT molecular complexity index is 1230. The molecule has 0 saturated carbocycles. The summed E-state index contributed by atoms with van der Waals surface area (Å²) in [7, 11) is -3.43. The number of aromatic amines is 1. The Morgan fingerprint density at radius 3 is 2.28 bits per heavy atom. The normalized spacial score (nSPS) is 12.1. The molecule has 0 aliphatic carbocycles. The fourth-order valence-corrected chi connectivity index (χ4v) is 4.04. The number of halogens is 3. The van der Waals surface area contributed by atoms with Gasteiger partial charge in [0.15, 0.2) is 9.84 Å². The van der Waals surface area contributed by atoms with Crippen LogP contribution in [0.4, 0.5) is 18.9 Å². The molecule has 0 fully saturated rings. The number of aromatic nitrogens is 1. The highest BCUT2D eigenvalue weighted by atomic mass is 32.2. The third kappa shape index (κ3) is 4.71. The Hall–Kier alpha value is -3.11. The zero-order chi connectivity index (χ0) is 23.7. The average Bonchev–Trinajstić information content (AvgIpc) is 3.11. The maximum absolute atomic E-state index is 13.4. The van der Waals surface area contributed by atoms with Crippen molar-refractivity contribution in [3.63, 3.8) is 0 Å². The SMILES string of the molecule is Cc1c(C(=O)N(CCO)c2ccc(S(C)(=O)=O)cc2)c[nH]c1-c1ccccc1C(F)(F)F. The van der Waals surface area contributed by atoms with E-state index in [4.69, 9.17) is 0 Å². The second kappa shape index (κ2) is 8.79. The van der Waals surface area contributed by atoms with Crippen LogP contribution in [0.25, 0.3) is 11.3 Å². The number of carbonyl (C=O) groups excluding carboxylic acids is 1. The van der Waals surface area contributed by atoms with E-state index < -0.39 is 27.5 Å². The number of hydrogen-bond acceptors (Lipinski definition) is 4. The minimum absolute atomic E-state index is 0.0708. The van der Waals surface area contributed by atoms with Crippen molar-refractivity contribution in [3.05, 3.63) is 71.4 Å². The van der Waals surface area contributed by atoms with E-state index >= 15 is 0 Å². The lowest BCUT2D eigenvalue weighted by molar-refractivity contribution is -0.137. The summed E-state index contributed by atoms with van der Waals surface area (Å²) in [5.74, 6) is -0.546. The predicted molar refractivity (Wildman–Crippen MR) is 114 cm³/mol. The van der Waals surface area contributed by atoms with Crippen LogP contribution in [-0.4, -0.2) is 43.8 Å². The third-order valence-electron chi connectivity index (χ3n) is 5.02. The van der Waals surface area contributed by atoms with E-state index in [1.807, 2.05) is 0 Å². The molecule has 0 radical (unpaired) electrons. The van der Waals surface area contributed by atoms with Gasteiger partial charge in [-0.1, -0.05) is 18.2 Å². The van der Waals surface area contributed by atoms with E-state index in [1.165, 1.54) is 60.5 Å². The summed E-state index contributed by atoms with van der Waals surface area (Å²) in [6.07, 6.45) is -2.18. The largest absolute Gasteiger partial charge is 0.417 e. The number of nitrogens with zero attached hydrogens (tertiary/aromatic N) is 1. The summed E-state index contributed by atoms with van der Waals surface area (Å²) in [5.41, 5.74) is 0.0576. The molecule has 6 nitrogen and oxygen atoms in total. The van der Waals surface area contributed by atoms with Crippen molar-refractivity contribution in [2.75, 3.05) is 24.3 Å². The number of aliphatic hydroxyl groups is 1. The highest BCUT2D eigenvalue weighted by molar-refractivity contribution is 7.90. The Morgan fingerprint density at radius 2 is 1.72 bits per heavy atom. The van der Waals surface area contributed by atoms with Crippen LogP contribution in [0.3, 0.4) is 0 Å². The van der Waals surface area contributed by atoms with E-state index in [0.29, 0.717) is 11.3 Å². The lowest BCUT2D eigenvalue weighted by Crippen LogP contribution is -2.33. The second-order valence-corrected chi connectivity index (χ2v) is 9.21. The van der Waals surface area contributed by atoms with Gasteiger partial charge < -0.3 is 15.0 Å². The highest BCUT2D eigenvalue weighted by Crippen LogP contribution is 2.38. The molecule has 0 bridgehead atoms. The molecular formula is C22H21F3N2O4S. The molecule has 0 aliphatic heterocycles. The summed E-state index contributed by atoms with van der Waals surface area (Å²) in [6, 6.07) is 10.6. The van der Waals surface area contributed by atoms with Crippen molar-refractivity contribution in [1.82, 2.24) is 4.98 Å². The zero-order valence-electron chi connectivity index (χ0n) is 17.3. The summed E-state index contributed by atoms with van der Waals surface area (Å²) >= 11 is 0. The van der Waals surface area contributed by atoms with Crippen molar-refractivity contribution in [2.24, 2.45) is 0 Å². The van der Waals surface area contributed by atoms with Gasteiger partial charge in [0.05, 0.1) is 22.6 Å². The number of benzene rings is 2. The van der Waals surface area contributed by atoms with Crippen LogP contribution in [0.15, 0.2) is 59.6 Å². The summed E-state index contributed by atoms with van der Waals surface area (Å²) in [6.45, 7) is 1.08. The van der Waals surface area contributed by atoms with E-state index in [1.54, 1.807) is 0 Å². The van der Waals surface area contributed by atoms with Gasteiger partial charge in [0.25, 0.3) is 5.91 Å². The van der Waals surface area contributed by atoms with Gasteiger partial charge in [-0.15, -0.1) is 0 Å². The maximum atomic E-state index is 13.4. The van der Waals surface area contributed by atoms with Gasteiger partial charge in [0.2, 0.25) is 0 Å². The molecule has 3 aromatic rings. The van der Waals surface area contributed by atoms with Gasteiger partial charge in [0, 0.05) is 35.9 Å². The second-order valence-electron chi connectivity index (χ2n) is 7.19. The molecule has 3 rings (SSSR count). The first-order valence-corrected chi connectivity index (χ1v) is 11.4. The highest BCUT2D eigenvalue weighted by Gasteiger charge is 2.34. The van der Waals surface area contributed by atoms with Crippen molar-refractivity contribution < 1.29 is 31.5 Å². The molecule has 1 amide bonds. The van der Waals surface area contributed by atoms with Crippen LogP contribution in [0.1, 0.15) is 21.5 Å². The molecule has 32 heavy (non-hydrogen) atoms. The van der Waals surface area contributed by atoms with E-state index in [-0.39, 0.29) is 34.9 Å². The number of anilines is 1. The molecule has 0 aliphatic rings. The summed E-state index contributed by atoms with van der Waals surface area (Å²) in [5, 5.41) is 9.43. The lowest BCUT2D eigenvalue weighted by Gasteiger charge is -2.22. The molecule has 0 spiro atoms. The standard InChI is InChI=1S/C22H21F3N2O4S/c1-14-18(13-26-20(14)17-5-3-4-6-19(17)22(23,24)25)21(29)27(11-12-28)15-7-9-16(10-8-15)32(2,30)31/h3-10,13,26,28H,11-12H2,1-2H3. The summed E-state index contributed by atoms with van der Waals surface area (Å²) in [4.78, 5) is 17.3. The number of nitrogens with one attached hydrogen (secondary N) is 1. The number of alkyl halides is 3. The van der Waals surface area contributed by atoms with Gasteiger partial charge in [-0.3, -0.25) is 4.79 Å². The molecule has 1 heterocycles. The minimum Gasteiger partial charge on any atom is -0.395 e. The fraction of sp³-hybridized carbons (Fsp3) is 0.227. The number of hydrogen-bond donors (Lipinski definition) is 2. The number of carbonyl (C=O) groups is 1. The molecule has 0 atom stereocenters. The monoisotopic (exact) mass is 466 g/mol. The number of sulfone groups is 1. The van der Waals surface area contributed by atoms with Gasteiger partial charge >= 0.3 is 6.18 Å². The predicted octanol–water partition coefficient (Wildman–Crippen LogP) is 4.05. The fourth-order valence-electron chi connectivity index (χ4n) is 3.41. The molecule has 0 unspecified atom stereocenters. The first-order chi connectivity index (χ1) is 14.9. The molecule has 1 aromatic heterocycles. The van der Waals surface area contributed by atoms with Crippen LogP contribution in [0.2, 0.25) is 0 Å². The maximum Gasteiger partial charge on any atom is 0.417 e. The van der Waals surface area contributed by atoms with E-state index in [2.05, 4.69) is 4.98 Å². The Labute approximate surface area is 183 Å². The molecule has 170 valence electrons. The quantitative estimate of drug-likeness (QED) is 0.574. The molecule has 10 heteroatoms. The van der Waals surface area contributed by atoms with Gasteiger partial charge in [-0.25, -0.2) is 8.42 Å². The van der Waals surface area contributed by atoms with Gasteiger partial charge in [-0.2, -0.15) is 13.2 Å². The van der Waals surface area contributed by atoms with Crippen LogP contribution in [0.5, 0.6) is 0 Å². The molecule has 0 saturated heterocycles. The Balaban J connectivity index is 2.01. The first-order valence-electron chi connectivity index (χ1n) is 9.52. The van der Waals surface area contributed by atoms with Crippen LogP contribution in [0, 0.1) is 6.92 Å². The zero-order valence-corrected chi connectivity index (χ0v) is 18.1. The molecule has 2 aromatic carbocycles. The van der Waals surface area contributed by atoms with Crippen molar-refractivity contribution in [3.8, 4) is 11.3 Å².